The van der Waals surface area contributed by atoms with Crippen molar-refractivity contribution in [2.75, 3.05) is 0 Å². The van der Waals surface area contributed by atoms with Crippen LogP contribution in [-0.2, 0) is 4.79 Å². The third kappa shape index (κ3) is 0.815. The summed E-state index contributed by atoms with van der Waals surface area (Å²) in [5.74, 6) is -0.127. The van der Waals surface area contributed by atoms with E-state index in [0.717, 1.165) is 32.1 Å². The van der Waals surface area contributed by atoms with E-state index >= 15 is 0 Å². The van der Waals surface area contributed by atoms with Crippen molar-refractivity contribution >= 4 is 5.97 Å². The van der Waals surface area contributed by atoms with Crippen molar-refractivity contribution in [1.29, 1.82) is 0 Å². The van der Waals surface area contributed by atoms with Gasteiger partial charge in [-0.05, 0) is 38.0 Å². The van der Waals surface area contributed by atoms with Crippen LogP contribution in [0.5, 0.6) is 0 Å². The second-order valence-corrected chi connectivity index (χ2v) is 3.72. The van der Waals surface area contributed by atoms with E-state index in [1.165, 1.54) is 0 Å². The minimum Gasteiger partial charge on any atom is -0.481 e. The molecule has 2 unspecified atom stereocenters. The molecule has 2 aliphatic carbocycles. The van der Waals surface area contributed by atoms with Crippen molar-refractivity contribution in [3.8, 4) is 0 Å². The molecular formula is C9H13O2. The molecule has 0 saturated heterocycles. The summed E-state index contributed by atoms with van der Waals surface area (Å²) < 4.78 is 0. The van der Waals surface area contributed by atoms with Gasteiger partial charge in [-0.1, -0.05) is 6.42 Å². The molecule has 2 heteroatoms. The maximum Gasteiger partial charge on any atom is 0.310 e. The largest absolute Gasteiger partial charge is 0.481 e. The lowest BCUT2D eigenvalue weighted by atomic mass is 9.81. The monoisotopic (exact) mass is 153 g/mol. The van der Waals surface area contributed by atoms with E-state index in [9.17, 15) is 4.79 Å². The summed E-state index contributed by atoms with van der Waals surface area (Å²) in [5.41, 5.74) is -0.403. The maximum absolute atomic E-state index is 11.0. The fourth-order valence-corrected chi connectivity index (χ4v) is 2.68. The highest BCUT2D eigenvalue weighted by Crippen LogP contribution is 2.53. The second-order valence-electron chi connectivity index (χ2n) is 3.72. The first kappa shape index (κ1) is 7.14. The number of hydrogen-bond acceptors (Lipinski definition) is 1. The standard InChI is InChI=1S/C9H13O2/c10-8(11)9-5-1-3-7(9)4-2-6-9/h5,7H,1-4,6H2,(H,10,11). The van der Waals surface area contributed by atoms with Gasteiger partial charge in [-0.3, -0.25) is 4.79 Å². The number of carboxylic acids is 1. The molecule has 0 amide bonds. The van der Waals surface area contributed by atoms with Gasteiger partial charge >= 0.3 is 5.97 Å². The van der Waals surface area contributed by atoms with Crippen molar-refractivity contribution < 1.29 is 9.90 Å². The number of rotatable bonds is 1. The average molecular weight is 153 g/mol. The molecule has 0 aromatic carbocycles. The van der Waals surface area contributed by atoms with Crippen LogP contribution in [0.25, 0.3) is 0 Å². The van der Waals surface area contributed by atoms with Gasteiger partial charge in [0.1, 0.15) is 0 Å². The van der Waals surface area contributed by atoms with E-state index in [1.54, 1.807) is 0 Å². The number of carbonyl (C=O) groups is 1. The van der Waals surface area contributed by atoms with Crippen molar-refractivity contribution in [2.45, 2.75) is 32.1 Å². The highest BCUT2D eigenvalue weighted by molar-refractivity contribution is 5.77. The third-order valence-corrected chi connectivity index (χ3v) is 3.29. The first-order valence-electron chi connectivity index (χ1n) is 4.33. The van der Waals surface area contributed by atoms with E-state index in [1.807, 2.05) is 6.42 Å². The van der Waals surface area contributed by atoms with Gasteiger partial charge in [-0.2, -0.15) is 0 Å². The number of hydrogen-bond donors (Lipinski definition) is 1. The molecule has 0 aromatic rings. The van der Waals surface area contributed by atoms with Gasteiger partial charge < -0.3 is 5.11 Å². The first-order chi connectivity index (χ1) is 5.26. The van der Waals surface area contributed by atoms with Crippen LogP contribution in [-0.4, -0.2) is 11.1 Å². The molecule has 61 valence electrons. The molecule has 0 heterocycles. The van der Waals surface area contributed by atoms with Gasteiger partial charge in [0.05, 0.1) is 5.41 Å². The van der Waals surface area contributed by atoms with E-state index in [2.05, 4.69) is 0 Å². The minimum atomic E-state index is -0.586. The lowest BCUT2D eigenvalue weighted by Gasteiger charge is -2.22. The molecule has 2 aliphatic rings. The Morgan fingerprint density at radius 3 is 3.00 bits per heavy atom. The van der Waals surface area contributed by atoms with Crippen molar-refractivity contribution in [2.24, 2.45) is 11.3 Å². The fourth-order valence-electron chi connectivity index (χ4n) is 2.68. The van der Waals surface area contributed by atoms with Gasteiger partial charge in [0.2, 0.25) is 0 Å². The lowest BCUT2D eigenvalue weighted by molar-refractivity contribution is -0.147. The maximum atomic E-state index is 11.0. The molecule has 0 aromatic heterocycles. The molecule has 0 bridgehead atoms. The summed E-state index contributed by atoms with van der Waals surface area (Å²) in [5, 5.41) is 9.04. The molecule has 2 nitrogen and oxygen atoms in total. The lowest BCUT2D eigenvalue weighted by Crippen LogP contribution is -2.30. The normalized spacial score (nSPS) is 42.4. The predicted octanol–water partition coefficient (Wildman–Crippen LogP) is 1.86. The van der Waals surface area contributed by atoms with E-state index in [4.69, 9.17) is 5.11 Å². The Morgan fingerprint density at radius 2 is 2.36 bits per heavy atom. The molecule has 2 rings (SSSR count). The molecule has 0 spiro atoms. The topological polar surface area (TPSA) is 37.3 Å². The fraction of sp³-hybridized carbons (Fsp3) is 0.778. The van der Waals surface area contributed by atoms with Crippen LogP contribution < -0.4 is 0 Å². The van der Waals surface area contributed by atoms with Crippen molar-refractivity contribution in [3.63, 3.8) is 0 Å². The molecule has 2 saturated carbocycles. The smallest absolute Gasteiger partial charge is 0.310 e. The summed E-state index contributed by atoms with van der Waals surface area (Å²) in [4.78, 5) is 11.0. The van der Waals surface area contributed by atoms with Crippen molar-refractivity contribution in [3.05, 3.63) is 6.42 Å². The van der Waals surface area contributed by atoms with Crippen molar-refractivity contribution in [1.82, 2.24) is 0 Å². The molecule has 11 heavy (non-hydrogen) atoms. The summed E-state index contributed by atoms with van der Waals surface area (Å²) in [6.45, 7) is 0. The predicted molar refractivity (Wildman–Crippen MR) is 40.9 cm³/mol. The van der Waals surface area contributed by atoms with Crippen LogP contribution in [0.2, 0.25) is 0 Å². The Bertz CT molecular complexity index is 176. The van der Waals surface area contributed by atoms with Crippen LogP contribution in [0, 0.1) is 17.8 Å². The number of fused-ring (bicyclic) bond motifs is 1. The van der Waals surface area contributed by atoms with E-state index in [-0.39, 0.29) is 0 Å². The van der Waals surface area contributed by atoms with E-state index in [0.29, 0.717) is 5.92 Å². The summed E-state index contributed by atoms with van der Waals surface area (Å²) in [6, 6.07) is 0. The zero-order valence-electron chi connectivity index (χ0n) is 6.55. The molecule has 2 atom stereocenters. The minimum absolute atomic E-state index is 0.403. The van der Waals surface area contributed by atoms with Gasteiger partial charge in [0.25, 0.3) is 0 Å². The third-order valence-electron chi connectivity index (χ3n) is 3.29. The van der Waals surface area contributed by atoms with Crippen LogP contribution in [0.15, 0.2) is 0 Å². The second kappa shape index (κ2) is 2.23. The van der Waals surface area contributed by atoms with Gasteiger partial charge in [-0.15, -0.1) is 0 Å². The van der Waals surface area contributed by atoms with Crippen LogP contribution >= 0.6 is 0 Å². The molecule has 2 fully saturated rings. The highest BCUT2D eigenvalue weighted by atomic mass is 16.4. The molecule has 1 radical (unpaired) electrons. The molecule has 0 aliphatic heterocycles. The zero-order valence-corrected chi connectivity index (χ0v) is 6.55. The number of carboxylic acid groups (broad SMARTS) is 1. The first-order valence-corrected chi connectivity index (χ1v) is 4.33. The quantitative estimate of drug-likeness (QED) is 0.624. The molecule has 1 N–H and O–H groups in total. The van der Waals surface area contributed by atoms with Gasteiger partial charge in [0.15, 0.2) is 0 Å². The Kier molecular flexibility index (Phi) is 1.44. The number of aliphatic carboxylic acids is 1. The highest BCUT2D eigenvalue weighted by Gasteiger charge is 2.51. The summed E-state index contributed by atoms with van der Waals surface area (Å²) >= 11 is 0. The Hall–Kier alpha value is -0.530. The Morgan fingerprint density at radius 1 is 1.55 bits per heavy atom. The summed E-state index contributed by atoms with van der Waals surface area (Å²) in [6.07, 6.45) is 7.26. The zero-order chi connectivity index (χ0) is 7.90. The summed E-state index contributed by atoms with van der Waals surface area (Å²) in [7, 11) is 0. The van der Waals surface area contributed by atoms with Crippen LogP contribution in [0.1, 0.15) is 32.1 Å². The molecular weight excluding hydrogens is 140 g/mol. The van der Waals surface area contributed by atoms with Gasteiger partial charge in [-0.25, -0.2) is 0 Å². The Labute approximate surface area is 66.6 Å². The van der Waals surface area contributed by atoms with Gasteiger partial charge in [0, 0.05) is 0 Å². The van der Waals surface area contributed by atoms with Crippen LogP contribution in [0.4, 0.5) is 0 Å². The van der Waals surface area contributed by atoms with E-state index < -0.39 is 11.4 Å². The van der Waals surface area contributed by atoms with Crippen LogP contribution in [0.3, 0.4) is 0 Å². The average Bonchev–Trinajstić information content (AvgIpc) is 2.40. The SMILES string of the molecule is O=C(O)C12[CH]CCC1CCC2. The Balaban J connectivity index is 2.26.